The standard InChI is InChI=1S/C13H27NO3/c1-4-6-7-11(5-2)10-17-13(15)8-12(9-14)16-3/h11-12H,4-10,14H2,1-3H3. The molecule has 2 atom stereocenters. The van der Waals surface area contributed by atoms with Gasteiger partial charge in [-0.15, -0.1) is 0 Å². The summed E-state index contributed by atoms with van der Waals surface area (Å²) in [6.07, 6.45) is 4.58. The molecule has 0 amide bonds. The second-order valence-electron chi connectivity index (χ2n) is 4.40. The fraction of sp³-hybridized carbons (Fsp3) is 0.923. The van der Waals surface area contributed by atoms with E-state index in [9.17, 15) is 4.79 Å². The average molecular weight is 245 g/mol. The van der Waals surface area contributed by atoms with Gasteiger partial charge < -0.3 is 15.2 Å². The number of ether oxygens (including phenoxy) is 2. The van der Waals surface area contributed by atoms with E-state index < -0.39 is 0 Å². The number of carbonyl (C=O) groups excluding carboxylic acids is 1. The third kappa shape index (κ3) is 8.16. The van der Waals surface area contributed by atoms with Crippen molar-refractivity contribution in [1.29, 1.82) is 0 Å². The summed E-state index contributed by atoms with van der Waals surface area (Å²) in [5, 5.41) is 0. The van der Waals surface area contributed by atoms with Gasteiger partial charge in [0, 0.05) is 13.7 Å². The van der Waals surface area contributed by atoms with Crippen LogP contribution in [0, 0.1) is 5.92 Å². The third-order valence-electron chi connectivity index (χ3n) is 3.01. The van der Waals surface area contributed by atoms with Crippen LogP contribution in [0.4, 0.5) is 0 Å². The van der Waals surface area contributed by atoms with Crippen molar-refractivity contribution in [2.24, 2.45) is 11.7 Å². The van der Waals surface area contributed by atoms with Gasteiger partial charge in [-0.1, -0.05) is 33.1 Å². The maximum atomic E-state index is 11.5. The summed E-state index contributed by atoms with van der Waals surface area (Å²) in [4.78, 5) is 11.5. The first-order valence-corrected chi connectivity index (χ1v) is 6.56. The van der Waals surface area contributed by atoms with Crippen LogP contribution in [0.3, 0.4) is 0 Å². The van der Waals surface area contributed by atoms with E-state index in [-0.39, 0.29) is 18.5 Å². The van der Waals surface area contributed by atoms with E-state index in [0.717, 1.165) is 12.8 Å². The molecule has 0 saturated carbocycles. The summed E-state index contributed by atoms with van der Waals surface area (Å²) < 4.78 is 10.3. The lowest BCUT2D eigenvalue weighted by molar-refractivity contribution is -0.147. The van der Waals surface area contributed by atoms with Gasteiger partial charge >= 0.3 is 5.97 Å². The van der Waals surface area contributed by atoms with Gasteiger partial charge in [0.2, 0.25) is 0 Å². The molecular formula is C13H27NO3. The summed E-state index contributed by atoms with van der Waals surface area (Å²) >= 11 is 0. The number of unbranched alkanes of at least 4 members (excludes halogenated alkanes) is 1. The second kappa shape index (κ2) is 10.5. The van der Waals surface area contributed by atoms with Gasteiger partial charge in [-0.2, -0.15) is 0 Å². The highest BCUT2D eigenvalue weighted by molar-refractivity contribution is 5.70. The molecule has 0 radical (unpaired) electrons. The minimum atomic E-state index is -0.224. The predicted molar refractivity (Wildman–Crippen MR) is 68.7 cm³/mol. The summed E-state index contributed by atoms with van der Waals surface area (Å²) in [6.45, 7) is 5.17. The first kappa shape index (κ1) is 16.4. The molecule has 4 heteroatoms. The molecule has 0 aromatic carbocycles. The molecule has 0 saturated heterocycles. The van der Waals surface area contributed by atoms with Gasteiger partial charge in [-0.25, -0.2) is 0 Å². The summed E-state index contributed by atoms with van der Waals surface area (Å²) in [7, 11) is 1.56. The Morgan fingerprint density at radius 3 is 2.53 bits per heavy atom. The number of carbonyl (C=O) groups is 1. The number of hydrogen-bond donors (Lipinski definition) is 1. The van der Waals surface area contributed by atoms with Crippen LogP contribution < -0.4 is 5.73 Å². The van der Waals surface area contributed by atoms with Crippen LogP contribution in [-0.4, -0.2) is 32.3 Å². The first-order chi connectivity index (χ1) is 8.17. The van der Waals surface area contributed by atoms with Crippen LogP contribution in [-0.2, 0) is 14.3 Å². The Balaban J connectivity index is 3.79. The average Bonchev–Trinajstić information content (AvgIpc) is 2.36. The normalized spacial score (nSPS) is 14.4. The largest absolute Gasteiger partial charge is 0.465 e. The highest BCUT2D eigenvalue weighted by Crippen LogP contribution is 2.13. The molecule has 0 aliphatic carbocycles. The molecule has 0 aliphatic rings. The maximum absolute atomic E-state index is 11.5. The quantitative estimate of drug-likeness (QED) is 0.599. The Hall–Kier alpha value is -0.610. The number of rotatable bonds is 10. The zero-order chi connectivity index (χ0) is 13.1. The maximum Gasteiger partial charge on any atom is 0.308 e. The predicted octanol–water partition coefficient (Wildman–Crippen LogP) is 2.11. The first-order valence-electron chi connectivity index (χ1n) is 6.56. The van der Waals surface area contributed by atoms with Gasteiger partial charge in [0.05, 0.1) is 19.1 Å². The van der Waals surface area contributed by atoms with E-state index >= 15 is 0 Å². The minimum Gasteiger partial charge on any atom is -0.465 e. The lowest BCUT2D eigenvalue weighted by Gasteiger charge is -2.16. The van der Waals surface area contributed by atoms with Crippen LogP contribution in [0.2, 0.25) is 0 Å². The zero-order valence-corrected chi connectivity index (χ0v) is 11.4. The fourth-order valence-corrected chi connectivity index (χ4v) is 1.62. The number of hydrogen-bond acceptors (Lipinski definition) is 4. The van der Waals surface area contributed by atoms with E-state index in [1.54, 1.807) is 7.11 Å². The molecular weight excluding hydrogens is 218 g/mol. The van der Waals surface area contributed by atoms with Gasteiger partial charge in [-0.3, -0.25) is 4.79 Å². The van der Waals surface area contributed by atoms with E-state index in [1.165, 1.54) is 12.8 Å². The van der Waals surface area contributed by atoms with E-state index in [2.05, 4.69) is 13.8 Å². The van der Waals surface area contributed by atoms with Crippen LogP contribution in [0.25, 0.3) is 0 Å². The number of methoxy groups -OCH3 is 1. The van der Waals surface area contributed by atoms with Crippen LogP contribution >= 0.6 is 0 Å². The molecule has 0 bridgehead atoms. The SMILES string of the molecule is CCCCC(CC)COC(=O)CC(CN)OC. The highest BCUT2D eigenvalue weighted by atomic mass is 16.5. The van der Waals surface area contributed by atoms with Gasteiger partial charge in [0.15, 0.2) is 0 Å². The van der Waals surface area contributed by atoms with Crippen LogP contribution in [0.1, 0.15) is 46.0 Å². The molecule has 0 heterocycles. The molecule has 0 aromatic rings. The van der Waals surface area contributed by atoms with Crippen molar-refractivity contribution in [3.63, 3.8) is 0 Å². The second-order valence-corrected chi connectivity index (χ2v) is 4.40. The Morgan fingerprint density at radius 1 is 1.35 bits per heavy atom. The van der Waals surface area contributed by atoms with E-state index in [4.69, 9.17) is 15.2 Å². The van der Waals surface area contributed by atoms with Crippen molar-refractivity contribution in [3.8, 4) is 0 Å². The van der Waals surface area contributed by atoms with Crippen molar-refractivity contribution >= 4 is 5.97 Å². The Morgan fingerprint density at radius 2 is 2.06 bits per heavy atom. The van der Waals surface area contributed by atoms with Gasteiger partial charge in [-0.05, 0) is 12.3 Å². The minimum absolute atomic E-state index is 0.211. The fourth-order valence-electron chi connectivity index (χ4n) is 1.62. The van der Waals surface area contributed by atoms with Crippen molar-refractivity contribution in [3.05, 3.63) is 0 Å². The lowest BCUT2D eigenvalue weighted by Crippen LogP contribution is -2.27. The Kier molecular flexibility index (Phi) is 10.2. The molecule has 0 aliphatic heterocycles. The molecule has 17 heavy (non-hydrogen) atoms. The van der Waals surface area contributed by atoms with E-state index in [1.807, 2.05) is 0 Å². The molecule has 4 nitrogen and oxygen atoms in total. The number of nitrogens with two attached hydrogens (primary N) is 1. The molecule has 0 aromatic heterocycles. The molecule has 2 N–H and O–H groups in total. The van der Waals surface area contributed by atoms with Gasteiger partial charge in [0.25, 0.3) is 0 Å². The van der Waals surface area contributed by atoms with Crippen molar-refractivity contribution in [2.45, 2.75) is 52.1 Å². The van der Waals surface area contributed by atoms with Crippen LogP contribution in [0.5, 0.6) is 0 Å². The Labute approximate surface area is 105 Å². The summed E-state index contributed by atoms with van der Waals surface area (Å²) in [5.74, 6) is 0.273. The number of esters is 1. The van der Waals surface area contributed by atoms with Crippen molar-refractivity contribution in [1.82, 2.24) is 0 Å². The lowest BCUT2D eigenvalue weighted by atomic mass is 10.0. The summed E-state index contributed by atoms with van der Waals surface area (Å²) in [6, 6.07) is 0. The van der Waals surface area contributed by atoms with Gasteiger partial charge in [0.1, 0.15) is 0 Å². The highest BCUT2D eigenvalue weighted by Gasteiger charge is 2.14. The van der Waals surface area contributed by atoms with Crippen LogP contribution in [0.15, 0.2) is 0 Å². The summed E-state index contributed by atoms with van der Waals surface area (Å²) in [5.41, 5.74) is 5.45. The topological polar surface area (TPSA) is 61.5 Å². The van der Waals surface area contributed by atoms with Crippen molar-refractivity contribution < 1.29 is 14.3 Å². The molecule has 0 spiro atoms. The molecule has 0 rings (SSSR count). The zero-order valence-electron chi connectivity index (χ0n) is 11.4. The smallest absolute Gasteiger partial charge is 0.308 e. The molecule has 0 fully saturated rings. The third-order valence-corrected chi connectivity index (χ3v) is 3.01. The Bertz CT molecular complexity index is 193. The monoisotopic (exact) mass is 245 g/mol. The molecule has 102 valence electrons. The van der Waals surface area contributed by atoms with E-state index in [0.29, 0.717) is 19.1 Å². The van der Waals surface area contributed by atoms with Crippen molar-refractivity contribution in [2.75, 3.05) is 20.3 Å². The molecule has 2 unspecified atom stereocenters.